The Morgan fingerprint density at radius 1 is 1.56 bits per heavy atom. The predicted octanol–water partition coefficient (Wildman–Crippen LogP) is 0.644. The van der Waals surface area contributed by atoms with E-state index in [2.05, 4.69) is 15.6 Å². The topological polar surface area (TPSA) is 79.6 Å². The highest BCUT2D eigenvalue weighted by Gasteiger charge is 2.07. The van der Waals surface area contributed by atoms with Gasteiger partial charge >= 0.3 is 0 Å². The highest BCUT2D eigenvalue weighted by molar-refractivity contribution is 5.81. The molecule has 84 valence electrons. The molecule has 0 radical (unpaired) electrons. The second kappa shape index (κ2) is 4.61. The van der Waals surface area contributed by atoms with Crippen molar-refractivity contribution in [1.29, 1.82) is 0 Å². The summed E-state index contributed by atoms with van der Waals surface area (Å²) in [6.45, 7) is 2.15. The quantitative estimate of drug-likeness (QED) is 0.578. The molecule has 16 heavy (non-hydrogen) atoms. The molecule has 1 aliphatic heterocycles. The molecule has 0 amide bonds. The average molecular weight is 220 g/mol. The van der Waals surface area contributed by atoms with E-state index < -0.39 is 4.92 Å². The van der Waals surface area contributed by atoms with E-state index in [9.17, 15) is 10.1 Å². The van der Waals surface area contributed by atoms with E-state index in [1.54, 1.807) is 12.1 Å². The van der Waals surface area contributed by atoms with Gasteiger partial charge in [0.25, 0.3) is 5.69 Å². The number of rotatable bonds is 3. The number of hydrogen-bond acceptors (Lipinski definition) is 5. The Hall–Kier alpha value is -2.11. The Bertz CT molecular complexity index is 431. The molecule has 0 unspecified atom stereocenters. The predicted molar refractivity (Wildman–Crippen MR) is 60.2 cm³/mol. The van der Waals surface area contributed by atoms with Crippen LogP contribution in [-0.4, -0.2) is 24.0 Å². The third-order valence-electron chi connectivity index (χ3n) is 2.26. The smallest absolute Gasteiger partial charge is 0.269 e. The van der Waals surface area contributed by atoms with Gasteiger partial charge in [-0.15, -0.1) is 0 Å². The van der Waals surface area contributed by atoms with Gasteiger partial charge < -0.3 is 10.6 Å². The summed E-state index contributed by atoms with van der Waals surface area (Å²) < 4.78 is 0. The van der Waals surface area contributed by atoms with Crippen LogP contribution in [0, 0.1) is 10.1 Å². The number of hydrogen-bond donors (Lipinski definition) is 2. The molecule has 1 aromatic carbocycles. The van der Waals surface area contributed by atoms with Crippen LogP contribution in [0.15, 0.2) is 29.3 Å². The summed E-state index contributed by atoms with van der Waals surface area (Å²) in [5, 5.41) is 16.7. The summed E-state index contributed by atoms with van der Waals surface area (Å²) in [5.41, 5.74) is 0.978. The van der Waals surface area contributed by atoms with Crippen molar-refractivity contribution in [3.63, 3.8) is 0 Å². The Kier molecular flexibility index (Phi) is 3.00. The Morgan fingerprint density at radius 3 is 3.12 bits per heavy atom. The molecule has 6 heteroatoms. The van der Waals surface area contributed by atoms with Crippen LogP contribution in [0.25, 0.3) is 0 Å². The first kappa shape index (κ1) is 10.4. The van der Waals surface area contributed by atoms with Crippen molar-refractivity contribution in [2.75, 3.05) is 13.1 Å². The van der Waals surface area contributed by atoms with Crippen LogP contribution >= 0.6 is 0 Å². The van der Waals surface area contributed by atoms with Crippen molar-refractivity contribution in [3.05, 3.63) is 39.9 Å². The molecular formula is C10H12N4O2. The first-order valence-electron chi connectivity index (χ1n) is 5.01. The molecule has 0 fully saturated rings. The Morgan fingerprint density at radius 2 is 2.44 bits per heavy atom. The summed E-state index contributed by atoms with van der Waals surface area (Å²) in [7, 11) is 0. The number of nitrogens with zero attached hydrogens (tertiary/aromatic N) is 2. The summed E-state index contributed by atoms with van der Waals surface area (Å²) in [4.78, 5) is 14.3. The zero-order valence-corrected chi connectivity index (χ0v) is 8.64. The van der Waals surface area contributed by atoms with Gasteiger partial charge in [-0.25, -0.2) is 0 Å². The maximum Gasteiger partial charge on any atom is 0.269 e. The molecule has 0 bridgehead atoms. The van der Waals surface area contributed by atoms with Crippen LogP contribution in [0.3, 0.4) is 0 Å². The lowest BCUT2D eigenvalue weighted by atomic mass is 10.2. The zero-order valence-electron chi connectivity index (χ0n) is 8.64. The van der Waals surface area contributed by atoms with Gasteiger partial charge in [-0.3, -0.25) is 15.1 Å². The summed E-state index contributed by atoms with van der Waals surface area (Å²) in [6, 6.07) is 6.56. The van der Waals surface area contributed by atoms with Crippen LogP contribution in [0.1, 0.15) is 5.56 Å². The molecule has 1 heterocycles. The fraction of sp³-hybridized carbons (Fsp3) is 0.300. The Balaban J connectivity index is 1.98. The molecule has 0 atom stereocenters. The van der Waals surface area contributed by atoms with E-state index in [0.717, 1.165) is 24.6 Å². The van der Waals surface area contributed by atoms with Crippen molar-refractivity contribution in [2.45, 2.75) is 6.54 Å². The molecule has 1 aromatic rings. The van der Waals surface area contributed by atoms with E-state index in [1.165, 1.54) is 6.07 Å². The fourth-order valence-electron chi connectivity index (χ4n) is 1.48. The minimum atomic E-state index is -0.394. The van der Waals surface area contributed by atoms with Gasteiger partial charge in [0, 0.05) is 25.2 Å². The molecule has 0 aromatic heterocycles. The number of benzene rings is 1. The lowest BCUT2D eigenvalue weighted by Gasteiger charge is -2.06. The van der Waals surface area contributed by atoms with Gasteiger partial charge in [0.05, 0.1) is 11.5 Å². The normalized spacial score (nSPS) is 14.1. The standard InChI is InChI=1S/C10H12N4O2/c15-14(16)9-3-1-2-8(6-9)7-13-10-11-4-5-12-10/h1-3,6H,4-5,7H2,(H2,11,12,13). The highest BCUT2D eigenvalue weighted by atomic mass is 16.6. The Labute approximate surface area is 92.5 Å². The molecule has 2 N–H and O–H groups in total. The third-order valence-corrected chi connectivity index (χ3v) is 2.26. The molecule has 0 saturated carbocycles. The van der Waals surface area contributed by atoms with Gasteiger partial charge in [-0.2, -0.15) is 0 Å². The largest absolute Gasteiger partial charge is 0.355 e. The van der Waals surface area contributed by atoms with Crippen molar-refractivity contribution >= 4 is 11.6 Å². The number of nitro benzene ring substituents is 1. The monoisotopic (exact) mass is 220 g/mol. The van der Waals surface area contributed by atoms with Crippen LogP contribution in [0.2, 0.25) is 0 Å². The van der Waals surface area contributed by atoms with E-state index in [0.29, 0.717) is 6.54 Å². The fourth-order valence-corrected chi connectivity index (χ4v) is 1.48. The second-order valence-corrected chi connectivity index (χ2v) is 3.44. The second-order valence-electron chi connectivity index (χ2n) is 3.44. The van der Waals surface area contributed by atoms with Crippen molar-refractivity contribution < 1.29 is 4.92 Å². The molecule has 0 aliphatic carbocycles. The van der Waals surface area contributed by atoms with Crippen LogP contribution < -0.4 is 10.6 Å². The number of nitrogens with one attached hydrogen (secondary N) is 2. The average Bonchev–Trinajstić information content (AvgIpc) is 2.79. The van der Waals surface area contributed by atoms with Gasteiger partial charge in [0.15, 0.2) is 5.96 Å². The number of guanidine groups is 1. The van der Waals surface area contributed by atoms with Gasteiger partial charge in [0.1, 0.15) is 0 Å². The number of aliphatic imine (C=N–C) groups is 1. The molecule has 0 spiro atoms. The van der Waals surface area contributed by atoms with Crippen LogP contribution in [-0.2, 0) is 6.54 Å². The molecule has 2 rings (SSSR count). The van der Waals surface area contributed by atoms with Crippen LogP contribution in [0.4, 0.5) is 5.69 Å². The first-order valence-corrected chi connectivity index (χ1v) is 5.01. The van der Waals surface area contributed by atoms with Crippen molar-refractivity contribution in [2.24, 2.45) is 4.99 Å². The summed E-state index contributed by atoms with van der Waals surface area (Å²) in [5.74, 6) is 0.756. The number of non-ortho nitro benzene ring substituents is 1. The molecule has 6 nitrogen and oxygen atoms in total. The number of nitro groups is 1. The zero-order chi connectivity index (χ0) is 11.4. The van der Waals surface area contributed by atoms with E-state index in [-0.39, 0.29) is 5.69 Å². The van der Waals surface area contributed by atoms with E-state index >= 15 is 0 Å². The van der Waals surface area contributed by atoms with Gasteiger partial charge in [0.2, 0.25) is 0 Å². The maximum absolute atomic E-state index is 10.6. The SMILES string of the molecule is O=[N+]([O-])c1cccc(CNC2=NCCN2)c1. The lowest BCUT2D eigenvalue weighted by molar-refractivity contribution is -0.384. The van der Waals surface area contributed by atoms with E-state index in [1.807, 2.05) is 6.07 Å². The summed E-state index contributed by atoms with van der Waals surface area (Å²) >= 11 is 0. The third kappa shape index (κ3) is 2.47. The first-order chi connectivity index (χ1) is 7.75. The highest BCUT2D eigenvalue weighted by Crippen LogP contribution is 2.12. The van der Waals surface area contributed by atoms with Crippen LogP contribution in [0.5, 0.6) is 0 Å². The molecular weight excluding hydrogens is 208 g/mol. The van der Waals surface area contributed by atoms with E-state index in [4.69, 9.17) is 0 Å². The van der Waals surface area contributed by atoms with Gasteiger partial charge in [-0.05, 0) is 5.56 Å². The minimum Gasteiger partial charge on any atom is -0.355 e. The van der Waals surface area contributed by atoms with Gasteiger partial charge in [-0.1, -0.05) is 12.1 Å². The van der Waals surface area contributed by atoms with Crippen molar-refractivity contribution in [1.82, 2.24) is 10.6 Å². The van der Waals surface area contributed by atoms with Crippen molar-refractivity contribution in [3.8, 4) is 0 Å². The molecule has 0 saturated heterocycles. The maximum atomic E-state index is 10.6. The minimum absolute atomic E-state index is 0.112. The molecule has 1 aliphatic rings. The lowest BCUT2D eigenvalue weighted by Crippen LogP contribution is -2.33. The summed E-state index contributed by atoms with van der Waals surface area (Å²) in [6.07, 6.45) is 0.